The van der Waals surface area contributed by atoms with Crippen molar-refractivity contribution in [3.05, 3.63) is 0 Å². The maximum absolute atomic E-state index is 11.7. The maximum atomic E-state index is 11.7. The fourth-order valence-electron chi connectivity index (χ4n) is 3.01. The molecule has 2 rings (SSSR count). The summed E-state index contributed by atoms with van der Waals surface area (Å²) >= 11 is 0. The lowest BCUT2D eigenvalue weighted by atomic mass is 10.1. The third-order valence-corrected chi connectivity index (χ3v) is 4.44. The average molecular weight is 484 g/mol. The summed E-state index contributed by atoms with van der Waals surface area (Å²) in [5.41, 5.74) is 0. The van der Waals surface area contributed by atoms with E-state index in [-0.39, 0.29) is 30.1 Å². The summed E-state index contributed by atoms with van der Waals surface area (Å²) in [6.45, 7) is 8.29. The van der Waals surface area contributed by atoms with Gasteiger partial charge in [-0.1, -0.05) is 0 Å². The topological polar surface area (TPSA) is 75.6 Å². The van der Waals surface area contributed by atoms with Crippen molar-refractivity contribution >= 4 is 36.0 Å². The van der Waals surface area contributed by atoms with E-state index < -0.39 is 0 Å². The molecule has 0 radical (unpaired) electrons. The van der Waals surface area contributed by atoms with Crippen LogP contribution in [0.5, 0.6) is 0 Å². The number of nitrogens with zero attached hydrogens (tertiary/aromatic N) is 3. The lowest BCUT2D eigenvalue weighted by molar-refractivity contribution is -0.0320. The standard InChI is InChI=1S/C17H32N4O4.HI/c1-3-24-17(22)21-10-8-20(9-11-21)16(18-2)19-7-4-12-25-15-5-13-23-14-6-15;/h15H,3-14H2,1-2H3,(H,18,19);1H. The molecule has 2 aliphatic heterocycles. The van der Waals surface area contributed by atoms with Crippen molar-refractivity contribution < 1.29 is 19.0 Å². The third kappa shape index (κ3) is 7.83. The minimum absolute atomic E-state index is 0. The first-order valence-electron chi connectivity index (χ1n) is 9.31. The highest BCUT2D eigenvalue weighted by Crippen LogP contribution is 2.10. The SMILES string of the molecule is CCOC(=O)N1CCN(C(=NC)NCCCOC2CCOCC2)CC1.I. The molecule has 0 unspecified atom stereocenters. The molecular weight excluding hydrogens is 451 g/mol. The van der Waals surface area contributed by atoms with Gasteiger partial charge in [0.25, 0.3) is 0 Å². The van der Waals surface area contributed by atoms with Crippen LogP contribution in [0, 0.1) is 0 Å². The Hall–Kier alpha value is -0.810. The number of amides is 1. The highest BCUT2D eigenvalue weighted by molar-refractivity contribution is 14.0. The van der Waals surface area contributed by atoms with Crippen molar-refractivity contribution in [3.8, 4) is 0 Å². The summed E-state index contributed by atoms with van der Waals surface area (Å²) < 4.78 is 16.3. The van der Waals surface area contributed by atoms with E-state index in [1.165, 1.54) is 0 Å². The number of ether oxygens (including phenoxy) is 3. The van der Waals surface area contributed by atoms with Gasteiger partial charge in [0.1, 0.15) is 0 Å². The number of halogens is 1. The maximum Gasteiger partial charge on any atom is 0.409 e. The summed E-state index contributed by atoms with van der Waals surface area (Å²) in [5, 5.41) is 3.38. The lowest BCUT2D eigenvalue weighted by Gasteiger charge is -2.35. The van der Waals surface area contributed by atoms with E-state index in [0.29, 0.717) is 25.8 Å². The molecule has 0 bridgehead atoms. The van der Waals surface area contributed by atoms with Crippen molar-refractivity contribution in [2.45, 2.75) is 32.3 Å². The predicted molar refractivity (Wildman–Crippen MR) is 111 cm³/mol. The Kier molecular flexibility index (Phi) is 11.9. The molecule has 0 spiro atoms. The van der Waals surface area contributed by atoms with E-state index in [1.54, 1.807) is 11.9 Å². The van der Waals surface area contributed by atoms with Crippen LogP contribution in [0.3, 0.4) is 0 Å². The van der Waals surface area contributed by atoms with Gasteiger partial charge in [-0.2, -0.15) is 0 Å². The van der Waals surface area contributed by atoms with Gasteiger partial charge in [-0.25, -0.2) is 4.79 Å². The van der Waals surface area contributed by atoms with Crippen LogP contribution in [-0.2, 0) is 14.2 Å². The molecule has 0 aliphatic carbocycles. The number of nitrogens with one attached hydrogen (secondary N) is 1. The molecule has 152 valence electrons. The summed E-state index contributed by atoms with van der Waals surface area (Å²) in [4.78, 5) is 20.0. The molecule has 8 nitrogen and oxygen atoms in total. The average Bonchev–Trinajstić information content (AvgIpc) is 2.66. The van der Waals surface area contributed by atoms with Crippen LogP contribution in [0.2, 0.25) is 0 Å². The Labute approximate surface area is 173 Å². The molecule has 0 saturated carbocycles. The summed E-state index contributed by atoms with van der Waals surface area (Å²) in [7, 11) is 1.79. The van der Waals surface area contributed by atoms with E-state index in [1.807, 2.05) is 6.92 Å². The molecule has 2 heterocycles. The Morgan fingerprint density at radius 3 is 2.46 bits per heavy atom. The first-order valence-corrected chi connectivity index (χ1v) is 9.31. The minimum atomic E-state index is -0.227. The number of hydrogen-bond donors (Lipinski definition) is 1. The third-order valence-electron chi connectivity index (χ3n) is 4.44. The van der Waals surface area contributed by atoms with Crippen molar-refractivity contribution in [1.82, 2.24) is 15.1 Å². The zero-order chi connectivity index (χ0) is 17.9. The Balaban J connectivity index is 0.00000338. The largest absolute Gasteiger partial charge is 0.450 e. The minimum Gasteiger partial charge on any atom is -0.450 e. The molecule has 0 aromatic carbocycles. The first-order chi connectivity index (χ1) is 12.2. The molecule has 9 heteroatoms. The Morgan fingerprint density at radius 1 is 1.19 bits per heavy atom. The number of hydrogen-bond acceptors (Lipinski definition) is 5. The molecule has 2 aliphatic rings. The van der Waals surface area contributed by atoms with E-state index >= 15 is 0 Å². The van der Waals surface area contributed by atoms with Gasteiger partial charge < -0.3 is 29.3 Å². The second kappa shape index (κ2) is 13.4. The van der Waals surface area contributed by atoms with Crippen LogP contribution >= 0.6 is 24.0 Å². The second-order valence-electron chi connectivity index (χ2n) is 6.18. The van der Waals surface area contributed by atoms with E-state index in [9.17, 15) is 4.79 Å². The van der Waals surface area contributed by atoms with Crippen molar-refractivity contribution in [2.24, 2.45) is 4.99 Å². The molecule has 1 amide bonds. The number of rotatable bonds is 6. The normalized spacial score (nSPS) is 19.1. The van der Waals surface area contributed by atoms with Crippen molar-refractivity contribution in [2.75, 3.05) is 66.2 Å². The van der Waals surface area contributed by atoms with Gasteiger partial charge in [0, 0.05) is 59.6 Å². The highest BCUT2D eigenvalue weighted by Gasteiger charge is 2.23. The van der Waals surface area contributed by atoms with Crippen LogP contribution in [0.4, 0.5) is 4.79 Å². The van der Waals surface area contributed by atoms with Gasteiger partial charge in [-0.05, 0) is 26.2 Å². The van der Waals surface area contributed by atoms with Gasteiger partial charge in [0.2, 0.25) is 0 Å². The monoisotopic (exact) mass is 484 g/mol. The summed E-state index contributed by atoms with van der Waals surface area (Å²) in [6.07, 6.45) is 3.07. The Bertz CT molecular complexity index is 425. The van der Waals surface area contributed by atoms with Crippen molar-refractivity contribution in [3.63, 3.8) is 0 Å². The molecule has 0 atom stereocenters. The highest BCUT2D eigenvalue weighted by atomic mass is 127. The molecular formula is C17H33IN4O4. The van der Waals surface area contributed by atoms with Crippen LogP contribution < -0.4 is 5.32 Å². The first kappa shape index (κ1) is 23.2. The zero-order valence-electron chi connectivity index (χ0n) is 15.9. The number of carbonyl (C=O) groups excluding carboxylic acids is 1. The van der Waals surface area contributed by atoms with Gasteiger partial charge in [0.05, 0.1) is 12.7 Å². The molecule has 2 fully saturated rings. The quantitative estimate of drug-likeness (QED) is 0.267. The van der Waals surface area contributed by atoms with Gasteiger partial charge in [-0.3, -0.25) is 4.99 Å². The summed E-state index contributed by atoms with van der Waals surface area (Å²) in [6, 6.07) is 0. The molecule has 0 aromatic rings. The molecule has 1 N–H and O–H groups in total. The van der Waals surface area contributed by atoms with Gasteiger partial charge in [0.15, 0.2) is 5.96 Å². The predicted octanol–water partition coefficient (Wildman–Crippen LogP) is 1.54. The fourth-order valence-corrected chi connectivity index (χ4v) is 3.01. The fraction of sp³-hybridized carbons (Fsp3) is 0.882. The smallest absolute Gasteiger partial charge is 0.409 e. The number of carbonyl (C=O) groups is 1. The lowest BCUT2D eigenvalue weighted by Crippen LogP contribution is -2.54. The number of piperazine rings is 1. The van der Waals surface area contributed by atoms with Crippen molar-refractivity contribution in [1.29, 1.82) is 0 Å². The van der Waals surface area contributed by atoms with Crippen LogP contribution in [0.15, 0.2) is 4.99 Å². The second-order valence-corrected chi connectivity index (χ2v) is 6.18. The zero-order valence-corrected chi connectivity index (χ0v) is 18.3. The summed E-state index contributed by atoms with van der Waals surface area (Å²) in [5.74, 6) is 0.884. The van der Waals surface area contributed by atoms with Crippen LogP contribution in [0.25, 0.3) is 0 Å². The number of aliphatic imine (C=N–C) groups is 1. The van der Waals surface area contributed by atoms with Crippen LogP contribution in [-0.4, -0.2) is 94.2 Å². The molecule has 2 saturated heterocycles. The van der Waals surface area contributed by atoms with Gasteiger partial charge in [-0.15, -0.1) is 24.0 Å². The van der Waals surface area contributed by atoms with E-state index in [4.69, 9.17) is 14.2 Å². The molecule has 0 aromatic heterocycles. The van der Waals surface area contributed by atoms with E-state index in [2.05, 4.69) is 15.2 Å². The van der Waals surface area contributed by atoms with Crippen LogP contribution in [0.1, 0.15) is 26.2 Å². The van der Waals surface area contributed by atoms with Gasteiger partial charge >= 0.3 is 6.09 Å². The van der Waals surface area contributed by atoms with E-state index in [0.717, 1.165) is 64.7 Å². The Morgan fingerprint density at radius 2 is 1.85 bits per heavy atom. The number of guanidine groups is 1. The molecule has 26 heavy (non-hydrogen) atoms.